The Labute approximate surface area is 184 Å². The van der Waals surface area contributed by atoms with Crippen LogP contribution in [0.2, 0.25) is 0 Å². The molecule has 0 atom stereocenters. The van der Waals surface area contributed by atoms with Crippen molar-refractivity contribution in [3.63, 3.8) is 0 Å². The van der Waals surface area contributed by atoms with Gasteiger partial charge in [-0.25, -0.2) is 21.9 Å². The van der Waals surface area contributed by atoms with Gasteiger partial charge in [-0.2, -0.15) is 9.40 Å². The molecule has 4 rings (SSSR count). The Hall–Kier alpha value is -3.11. The Balaban J connectivity index is 1.52. The van der Waals surface area contributed by atoms with Crippen LogP contribution in [0.4, 0.5) is 8.78 Å². The molecule has 0 bridgehead atoms. The molecular formula is C22H22F2N4O3S. The number of amides is 1. The summed E-state index contributed by atoms with van der Waals surface area (Å²) >= 11 is 0. The maximum Gasteiger partial charge on any atom is 0.257 e. The summed E-state index contributed by atoms with van der Waals surface area (Å²) in [6.07, 6.45) is 0. The maximum atomic E-state index is 14.0. The van der Waals surface area contributed by atoms with E-state index in [1.165, 1.54) is 0 Å². The first-order chi connectivity index (χ1) is 15.2. The van der Waals surface area contributed by atoms with Crippen molar-refractivity contribution in [1.29, 1.82) is 0 Å². The van der Waals surface area contributed by atoms with Crippen molar-refractivity contribution < 1.29 is 22.0 Å². The zero-order chi connectivity index (χ0) is 23.0. The number of carbonyl (C=O) groups is 1. The number of para-hydroxylation sites is 1. The van der Waals surface area contributed by atoms with Crippen LogP contribution in [-0.2, 0) is 10.0 Å². The number of nitrogens with zero attached hydrogens (tertiary/aromatic N) is 4. The summed E-state index contributed by atoms with van der Waals surface area (Å²) in [5, 5.41) is 4.50. The van der Waals surface area contributed by atoms with Crippen molar-refractivity contribution >= 4 is 15.9 Å². The van der Waals surface area contributed by atoms with E-state index in [0.29, 0.717) is 23.0 Å². The second kappa shape index (κ2) is 8.44. The normalized spacial score (nSPS) is 15.2. The lowest BCUT2D eigenvalue weighted by Crippen LogP contribution is -2.50. The van der Waals surface area contributed by atoms with E-state index in [4.69, 9.17) is 0 Å². The molecule has 1 amide bonds. The van der Waals surface area contributed by atoms with Crippen LogP contribution in [0.1, 0.15) is 21.7 Å². The summed E-state index contributed by atoms with van der Waals surface area (Å²) in [5.74, 6) is -2.21. The molecule has 32 heavy (non-hydrogen) atoms. The predicted octanol–water partition coefficient (Wildman–Crippen LogP) is 2.91. The third-order valence-electron chi connectivity index (χ3n) is 5.54. The van der Waals surface area contributed by atoms with Gasteiger partial charge in [0.1, 0.15) is 16.5 Å². The maximum absolute atomic E-state index is 14.0. The summed E-state index contributed by atoms with van der Waals surface area (Å²) in [6, 6.07) is 11.8. The summed E-state index contributed by atoms with van der Waals surface area (Å²) in [4.78, 5) is 14.2. The van der Waals surface area contributed by atoms with Crippen molar-refractivity contribution in [2.45, 2.75) is 18.7 Å². The second-order valence-corrected chi connectivity index (χ2v) is 9.47. The van der Waals surface area contributed by atoms with Crippen molar-refractivity contribution in [2.24, 2.45) is 0 Å². The van der Waals surface area contributed by atoms with Gasteiger partial charge in [0.2, 0.25) is 10.0 Å². The Bertz CT molecular complexity index is 1270. The van der Waals surface area contributed by atoms with Gasteiger partial charge < -0.3 is 4.90 Å². The highest BCUT2D eigenvalue weighted by Crippen LogP contribution is 2.24. The van der Waals surface area contributed by atoms with Crippen LogP contribution in [0.3, 0.4) is 0 Å². The zero-order valence-corrected chi connectivity index (χ0v) is 18.4. The van der Waals surface area contributed by atoms with E-state index >= 15 is 0 Å². The largest absolute Gasteiger partial charge is 0.336 e. The minimum atomic E-state index is -4.13. The molecule has 2 heterocycles. The van der Waals surface area contributed by atoms with Gasteiger partial charge in [-0.15, -0.1) is 0 Å². The van der Waals surface area contributed by atoms with Crippen LogP contribution < -0.4 is 0 Å². The molecule has 3 aromatic rings. The molecule has 1 aliphatic heterocycles. The first-order valence-electron chi connectivity index (χ1n) is 10.1. The molecular weight excluding hydrogens is 438 g/mol. The Morgan fingerprint density at radius 1 is 0.969 bits per heavy atom. The fourth-order valence-corrected chi connectivity index (χ4v) is 5.35. The van der Waals surface area contributed by atoms with Crippen LogP contribution >= 0.6 is 0 Å². The van der Waals surface area contributed by atoms with Gasteiger partial charge in [-0.3, -0.25) is 4.79 Å². The molecule has 7 nitrogen and oxygen atoms in total. The molecule has 168 valence electrons. The van der Waals surface area contributed by atoms with Crippen molar-refractivity contribution in [3.8, 4) is 5.69 Å². The average Bonchev–Trinajstić information content (AvgIpc) is 3.07. The van der Waals surface area contributed by atoms with Gasteiger partial charge in [-0.1, -0.05) is 18.2 Å². The molecule has 0 saturated carbocycles. The Kier molecular flexibility index (Phi) is 5.83. The van der Waals surface area contributed by atoms with Gasteiger partial charge in [0, 0.05) is 32.2 Å². The molecule has 0 unspecified atom stereocenters. The zero-order valence-electron chi connectivity index (χ0n) is 17.6. The molecule has 0 aliphatic carbocycles. The molecule has 1 aliphatic rings. The average molecular weight is 461 g/mol. The third kappa shape index (κ3) is 3.91. The fraction of sp³-hybridized carbons (Fsp3) is 0.273. The topological polar surface area (TPSA) is 75.5 Å². The highest BCUT2D eigenvalue weighted by molar-refractivity contribution is 7.89. The minimum absolute atomic E-state index is 0.00973. The number of carbonyl (C=O) groups excluding carboxylic acids is 1. The summed E-state index contributed by atoms with van der Waals surface area (Å²) in [6.45, 7) is 3.90. The van der Waals surface area contributed by atoms with E-state index in [1.54, 1.807) is 16.5 Å². The number of hydrogen-bond acceptors (Lipinski definition) is 4. The van der Waals surface area contributed by atoms with E-state index in [2.05, 4.69) is 5.10 Å². The lowest BCUT2D eigenvalue weighted by atomic mass is 10.1. The van der Waals surface area contributed by atoms with E-state index in [9.17, 15) is 22.0 Å². The highest BCUT2D eigenvalue weighted by Gasteiger charge is 2.33. The molecule has 1 fully saturated rings. The number of piperazine rings is 1. The van der Waals surface area contributed by atoms with Crippen molar-refractivity contribution in [2.75, 3.05) is 26.2 Å². The van der Waals surface area contributed by atoms with Crippen molar-refractivity contribution in [3.05, 3.63) is 77.1 Å². The van der Waals surface area contributed by atoms with Gasteiger partial charge in [0.25, 0.3) is 5.91 Å². The van der Waals surface area contributed by atoms with Crippen LogP contribution in [-0.4, -0.2) is 59.5 Å². The Morgan fingerprint density at radius 3 is 2.25 bits per heavy atom. The molecule has 1 aromatic heterocycles. The van der Waals surface area contributed by atoms with Crippen LogP contribution in [0.25, 0.3) is 5.69 Å². The van der Waals surface area contributed by atoms with Crippen LogP contribution in [0.5, 0.6) is 0 Å². The Morgan fingerprint density at radius 2 is 1.62 bits per heavy atom. The highest BCUT2D eigenvalue weighted by atomic mass is 32.2. The lowest BCUT2D eigenvalue weighted by Gasteiger charge is -2.34. The van der Waals surface area contributed by atoms with E-state index in [1.807, 2.05) is 37.3 Å². The standard InChI is InChI=1S/C22H22F2N4O3S/c1-15-21(16(2)28(25-15)18-6-4-3-5-7-18)22(29)26-10-12-27(13-11-26)32(30,31)20-9-8-17(23)14-19(20)24/h3-9,14H,10-13H2,1-2H3. The van der Waals surface area contributed by atoms with Gasteiger partial charge in [0.15, 0.2) is 0 Å². The van der Waals surface area contributed by atoms with Gasteiger partial charge >= 0.3 is 0 Å². The van der Waals surface area contributed by atoms with Gasteiger partial charge in [-0.05, 0) is 38.1 Å². The third-order valence-corrected chi connectivity index (χ3v) is 7.48. The van der Waals surface area contributed by atoms with Gasteiger partial charge in [0.05, 0.1) is 22.6 Å². The fourth-order valence-electron chi connectivity index (χ4n) is 3.89. The molecule has 2 aromatic carbocycles. The first kappa shape index (κ1) is 22.1. The quantitative estimate of drug-likeness (QED) is 0.600. The summed E-state index contributed by atoms with van der Waals surface area (Å²) in [5.41, 5.74) is 2.60. The van der Waals surface area contributed by atoms with E-state index in [0.717, 1.165) is 22.1 Å². The number of sulfonamides is 1. The number of rotatable bonds is 4. The summed E-state index contributed by atoms with van der Waals surface area (Å²) < 4.78 is 55.6. The predicted molar refractivity (Wildman–Crippen MR) is 114 cm³/mol. The molecule has 10 heteroatoms. The number of hydrogen-bond donors (Lipinski definition) is 0. The molecule has 1 saturated heterocycles. The van der Waals surface area contributed by atoms with Crippen LogP contribution in [0, 0.1) is 25.5 Å². The molecule has 0 N–H and O–H groups in total. The van der Waals surface area contributed by atoms with E-state index in [-0.39, 0.29) is 32.1 Å². The monoisotopic (exact) mass is 460 g/mol. The number of benzene rings is 2. The minimum Gasteiger partial charge on any atom is -0.336 e. The SMILES string of the molecule is Cc1nn(-c2ccccc2)c(C)c1C(=O)N1CCN(S(=O)(=O)c2ccc(F)cc2F)CC1. The first-order valence-corrected chi connectivity index (χ1v) is 11.5. The van der Waals surface area contributed by atoms with Crippen molar-refractivity contribution in [1.82, 2.24) is 19.0 Å². The number of aryl methyl sites for hydroxylation is 1. The molecule has 0 spiro atoms. The smallest absolute Gasteiger partial charge is 0.257 e. The number of aromatic nitrogens is 2. The molecule has 0 radical (unpaired) electrons. The second-order valence-electron chi connectivity index (χ2n) is 7.56. The lowest BCUT2D eigenvalue weighted by molar-refractivity contribution is 0.0696. The number of halogens is 2. The van der Waals surface area contributed by atoms with E-state index < -0.39 is 26.6 Å². The summed E-state index contributed by atoms with van der Waals surface area (Å²) in [7, 11) is -4.13. The van der Waals surface area contributed by atoms with Crippen LogP contribution in [0.15, 0.2) is 53.4 Å².